The topological polar surface area (TPSA) is 120 Å². The summed E-state index contributed by atoms with van der Waals surface area (Å²) < 4.78 is 54.8. The molecule has 0 aliphatic heterocycles. The lowest BCUT2D eigenvalue weighted by atomic mass is 9.72. The van der Waals surface area contributed by atoms with Gasteiger partial charge in [-0.15, -0.1) is 0 Å². The van der Waals surface area contributed by atoms with Gasteiger partial charge in [-0.2, -0.15) is 18.4 Å². The van der Waals surface area contributed by atoms with Gasteiger partial charge >= 0.3 is 6.18 Å². The van der Waals surface area contributed by atoms with Crippen LogP contribution in [0, 0.1) is 16.7 Å². The maximum absolute atomic E-state index is 13.9. The minimum Gasteiger partial charge on any atom is -0.360 e. The second-order valence-corrected chi connectivity index (χ2v) is 13.4. The van der Waals surface area contributed by atoms with E-state index in [1.807, 2.05) is 6.07 Å². The Morgan fingerprint density at radius 3 is 2.63 bits per heavy atom. The first-order chi connectivity index (χ1) is 16.2. The number of hydrogen-bond donors (Lipinski definition) is 3. The number of halogens is 3. The minimum atomic E-state index is -4.69. The van der Waals surface area contributed by atoms with E-state index in [9.17, 15) is 23.0 Å². The Kier molecular flexibility index (Phi) is 6.23. The Bertz CT molecular complexity index is 1370. The summed E-state index contributed by atoms with van der Waals surface area (Å²) >= 11 is 0. The second kappa shape index (κ2) is 8.65. The predicted molar refractivity (Wildman–Crippen MR) is 131 cm³/mol. The number of nitriles is 1. The number of alkyl halides is 3. The van der Waals surface area contributed by atoms with Crippen molar-refractivity contribution in [2.45, 2.75) is 51.4 Å². The third-order valence-corrected chi connectivity index (χ3v) is 8.39. The molecular formula is C24H28F3N6OP. The third kappa shape index (κ3) is 4.80. The smallest absolute Gasteiger partial charge is 0.360 e. The first-order valence-electron chi connectivity index (χ1n) is 11.3. The van der Waals surface area contributed by atoms with Crippen molar-refractivity contribution in [3.8, 4) is 17.3 Å². The predicted octanol–water partition coefficient (Wildman–Crippen LogP) is 5.08. The number of benzene rings is 1. The molecule has 7 nitrogen and oxygen atoms in total. The van der Waals surface area contributed by atoms with E-state index in [1.165, 1.54) is 25.6 Å². The normalized spacial score (nSPS) is 20.5. The molecule has 0 radical (unpaired) electrons. The van der Waals surface area contributed by atoms with Crippen molar-refractivity contribution in [2.75, 3.05) is 18.6 Å². The van der Waals surface area contributed by atoms with Crippen molar-refractivity contribution in [1.29, 1.82) is 5.26 Å². The van der Waals surface area contributed by atoms with Gasteiger partial charge in [0.15, 0.2) is 0 Å². The van der Waals surface area contributed by atoms with Gasteiger partial charge in [0.2, 0.25) is 5.95 Å². The highest BCUT2D eigenvalue weighted by Crippen LogP contribution is 2.43. The van der Waals surface area contributed by atoms with Gasteiger partial charge in [-0.3, -0.25) is 0 Å². The van der Waals surface area contributed by atoms with Crippen LogP contribution in [0.3, 0.4) is 0 Å². The molecule has 1 fully saturated rings. The maximum Gasteiger partial charge on any atom is 0.419 e. The Labute approximate surface area is 201 Å². The lowest BCUT2D eigenvalue weighted by Crippen LogP contribution is -2.46. The van der Waals surface area contributed by atoms with E-state index < -0.39 is 18.9 Å². The molecule has 1 aromatic carbocycles. The molecule has 2 atom stereocenters. The molecular weight excluding hydrogens is 476 g/mol. The van der Waals surface area contributed by atoms with E-state index in [2.05, 4.69) is 34.1 Å². The van der Waals surface area contributed by atoms with Crippen molar-refractivity contribution < 1.29 is 17.7 Å². The number of hydrogen-bond acceptors (Lipinski definition) is 6. The lowest BCUT2D eigenvalue weighted by molar-refractivity contribution is -0.137. The van der Waals surface area contributed by atoms with Crippen LogP contribution >= 0.6 is 7.14 Å². The average Bonchev–Trinajstić information content (AvgIpc) is 3.18. The highest BCUT2D eigenvalue weighted by atomic mass is 31.2. The number of H-pyrrole nitrogens is 1. The van der Waals surface area contributed by atoms with Crippen molar-refractivity contribution >= 4 is 29.3 Å². The Morgan fingerprint density at radius 1 is 1.31 bits per heavy atom. The quantitative estimate of drug-likeness (QED) is 0.426. The fraction of sp³-hybridized carbons (Fsp3) is 0.458. The van der Waals surface area contributed by atoms with Crippen molar-refractivity contribution in [1.82, 2.24) is 15.0 Å². The first-order valence-corrected chi connectivity index (χ1v) is 13.9. The van der Waals surface area contributed by atoms with Gasteiger partial charge < -0.3 is 20.6 Å². The van der Waals surface area contributed by atoms with E-state index >= 15 is 0 Å². The molecule has 2 aromatic heterocycles. The van der Waals surface area contributed by atoms with Crippen LogP contribution < -0.4 is 16.4 Å². The molecule has 35 heavy (non-hydrogen) atoms. The number of nitrogens with zero attached hydrogens (tertiary/aromatic N) is 3. The van der Waals surface area contributed by atoms with Crippen LogP contribution in [-0.4, -0.2) is 40.4 Å². The van der Waals surface area contributed by atoms with Crippen LogP contribution in [0.1, 0.15) is 44.2 Å². The van der Waals surface area contributed by atoms with Gasteiger partial charge in [-0.1, -0.05) is 19.9 Å². The molecule has 1 aliphatic carbocycles. The zero-order valence-electron chi connectivity index (χ0n) is 20.0. The monoisotopic (exact) mass is 504 g/mol. The molecule has 4 rings (SSSR count). The molecule has 0 saturated heterocycles. The number of nitrogens with two attached hydrogens (primary N) is 1. The molecule has 0 spiro atoms. The third-order valence-electron chi connectivity index (χ3n) is 6.85. The lowest BCUT2D eigenvalue weighted by Gasteiger charge is -2.40. The molecule has 1 aliphatic rings. The SMILES string of the molecule is CC1(C)CC[C@@H](Nc2ncc(C(F)(F)F)c(-c3c[nH]c4c(P(C)(C)=O)c(C#N)ccc34)n2)C[C@H]1N. The number of nitrogens with one attached hydrogen (secondary N) is 2. The highest BCUT2D eigenvalue weighted by Gasteiger charge is 2.37. The van der Waals surface area contributed by atoms with E-state index in [1.54, 1.807) is 6.07 Å². The maximum atomic E-state index is 13.9. The molecule has 0 unspecified atom stereocenters. The fourth-order valence-corrected chi connectivity index (χ4v) is 6.11. The van der Waals surface area contributed by atoms with Gasteiger partial charge in [0.25, 0.3) is 0 Å². The molecule has 0 bridgehead atoms. The Balaban J connectivity index is 1.82. The van der Waals surface area contributed by atoms with Crippen molar-refractivity contribution in [3.05, 3.63) is 35.7 Å². The molecule has 4 N–H and O–H groups in total. The highest BCUT2D eigenvalue weighted by molar-refractivity contribution is 7.70. The summed E-state index contributed by atoms with van der Waals surface area (Å²) in [5.41, 5.74) is 5.80. The van der Waals surface area contributed by atoms with Crippen molar-refractivity contribution in [3.63, 3.8) is 0 Å². The van der Waals surface area contributed by atoms with Crippen LogP contribution in [0.15, 0.2) is 24.5 Å². The van der Waals surface area contributed by atoms with Gasteiger partial charge in [-0.25, -0.2) is 9.97 Å². The average molecular weight is 504 g/mol. The summed E-state index contributed by atoms with van der Waals surface area (Å²) in [6, 6.07) is 4.95. The summed E-state index contributed by atoms with van der Waals surface area (Å²) in [5.74, 6) is 0.0878. The van der Waals surface area contributed by atoms with Crippen LogP contribution in [0.4, 0.5) is 19.1 Å². The summed E-state index contributed by atoms with van der Waals surface area (Å²) in [6.07, 6.45) is -0.163. The van der Waals surface area contributed by atoms with Crippen LogP contribution in [-0.2, 0) is 10.7 Å². The Hall–Kier alpha value is -2.89. The molecule has 3 aromatic rings. The second-order valence-electron chi connectivity index (χ2n) is 10.2. The van der Waals surface area contributed by atoms with E-state index in [0.29, 0.717) is 22.6 Å². The van der Waals surface area contributed by atoms with Gasteiger partial charge in [0, 0.05) is 35.4 Å². The number of fused-ring (bicyclic) bond motifs is 1. The van der Waals surface area contributed by atoms with Crippen molar-refractivity contribution in [2.24, 2.45) is 11.1 Å². The molecule has 186 valence electrons. The van der Waals surface area contributed by atoms with E-state index in [4.69, 9.17) is 5.73 Å². The van der Waals surface area contributed by atoms with Gasteiger partial charge in [0.05, 0.1) is 28.1 Å². The molecule has 0 amide bonds. The molecule has 11 heteroatoms. The minimum absolute atomic E-state index is 0.00758. The van der Waals surface area contributed by atoms with Crippen LogP contribution in [0.2, 0.25) is 0 Å². The number of rotatable bonds is 4. The van der Waals surface area contributed by atoms with Gasteiger partial charge in [0.1, 0.15) is 12.7 Å². The first kappa shape index (κ1) is 25.2. The number of aromatic amines is 1. The standard InChI is InChI=1S/C24H28F3N6OP/c1-23(2)8-7-14(9-18(23)29)32-22-31-12-17(24(25,26)27)19(33-22)16-11-30-20-15(16)6-5-13(10-28)21(20)35(3,4)34/h5-6,11-12,14,18,30H,7-9,29H2,1-4H3,(H,31,32,33)/t14-,18-/m1/s1. The molecule has 1 saturated carbocycles. The zero-order chi connectivity index (χ0) is 25.8. The largest absolute Gasteiger partial charge is 0.419 e. The number of anilines is 1. The molecule has 2 heterocycles. The van der Waals surface area contributed by atoms with Crippen LogP contribution in [0.25, 0.3) is 22.2 Å². The van der Waals surface area contributed by atoms with Gasteiger partial charge in [-0.05, 0) is 44.1 Å². The van der Waals surface area contributed by atoms with Crippen LogP contribution in [0.5, 0.6) is 0 Å². The Morgan fingerprint density at radius 2 is 2.03 bits per heavy atom. The summed E-state index contributed by atoms with van der Waals surface area (Å²) in [7, 11) is -2.92. The summed E-state index contributed by atoms with van der Waals surface area (Å²) in [5, 5.41) is 13.4. The fourth-order valence-electron chi connectivity index (χ4n) is 4.68. The van der Waals surface area contributed by atoms with E-state index in [-0.39, 0.29) is 40.3 Å². The number of aromatic nitrogens is 3. The zero-order valence-corrected chi connectivity index (χ0v) is 20.9. The summed E-state index contributed by atoms with van der Waals surface area (Å²) in [6.45, 7) is 7.25. The summed E-state index contributed by atoms with van der Waals surface area (Å²) in [4.78, 5) is 11.2. The van der Waals surface area contributed by atoms with E-state index in [0.717, 1.165) is 19.0 Å².